The molecule has 1 spiro atoms. The Morgan fingerprint density at radius 1 is 1.17 bits per heavy atom. The summed E-state index contributed by atoms with van der Waals surface area (Å²) in [5.41, 5.74) is 9.84. The van der Waals surface area contributed by atoms with E-state index in [9.17, 15) is 13.6 Å². The minimum Gasteiger partial charge on any atom is -0.356 e. The van der Waals surface area contributed by atoms with Gasteiger partial charge in [0.2, 0.25) is 0 Å². The Labute approximate surface area is 207 Å². The first-order valence-corrected chi connectivity index (χ1v) is 11.9. The van der Waals surface area contributed by atoms with Crippen LogP contribution in [0.15, 0.2) is 41.2 Å². The van der Waals surface area contributed by atoms with Crippen molar-refractivity contribution in [1.29, 1.82) is 0 Å². The van der Waals surface area contributed by atoms with Gasteiger partial charge in [0, 0.05) is 30.8 Å². The highest BCUT2D eigenvalue weighted by Gasteiger charge is 2.46. The molecular formula is C27H25ClF2N4O. The number of fused-ring (bicyclic) bond motifs is 1. The van der Waals surface area contributed by atoms with Crippen LogP contribution in [0, 0.1) is 35.8 Å². The highest BCUT2D eigenvalue weighted by molar-refractivity contribution is 6.32. The summed E-state index contributed by atoms with van der Waals surface area (Å²) in [7, 11) is 0. The smallest absolute Gasteiger partial charge is 0.260 e. The highest BCUT2D eigenvalue weighted by Crippen LogP contribution is 2.51. The van der Waals surface area contributed by atoms with Crippen LogP contribution in [0.5, 0.6) is 0 Å². The fraction of sp³-hybridized carbons (Fsp3) is 0.333. The summed E-state index contributed by atoms with van der Waals surface area (Å²) in [5.74, 6) is 4.69. The van der Waals surface area contributed by atoms with Crippen LogP contribution in [-0.2, 0) is 6.42 Å². The van der Waals surface area contributed by atoms with Crippen LogP contribution in [0.2, 0.25) is 5.02 Å². The Bertz CT molecular complexity index is 1450. The van der Waals surface area contributed by atoms with E-state index in [0.29, 0.717) is 24.7 Å². The number of rotatable bonds is 2. The molecule has 1 fully saturated rings. The summed E-state index contributed by atoms with van der Waals surface area (Å²) in [4.78, 5) is 19.7. The normalized spacial score (nSPS) is 18.3. The fourth-order valence-electron chi connectivity index (χ4n) is 5.48. The Kier molecular flexibility index (Phi) is 5.90. The molecule has 2 aliphatic rings. The first-order chi connectivity index (χ1) is 16.7. The lowest BCUT2D eigenvalue weighted by Gasteiger charge is -2.42. The zero-order chi connectivity index (χ0) is 24.9. The Morgan fingerprint density at radius 3 is 2.60 bits per heavy atom. The first-order valence-electron chi connectivity index (χ1n) is 11.5. The van der Waals surface area contributed by atoms with Gasteiger partial charge >= 0.3 is 0 Å². The van der Waals surface area contributed by atoms with E-state index in [4.69, 9.17) is 17.3 Å². The van der Waals surface area contributed by atoms with Gasteiger partial charge in [-0.15, -0.1) is 5.92 Å². The van der Waals surface area contributed by atoms with Crippen LogP contribution in [0.25, 0.3) is 5.69 Å². The predicted octanol–water partition coefficient (Wildman–Crippen LogP) is 4.69. The molecule has 180 valence electrons. The summed E-state index contributed by atoms with van der Waals surface area (Å²) in [5, 5.41) is -0.451. The van der Waals surface area contributed by atoms with Crippen molar-refractivity contribution in [3.05, 3.63) is 85.9 Å². The first kappa shape index (κ1) is 23.5. The third-order valence-corrected chi connectivity index (χ3v) is 7.72. The average molecular weight is 495 g/mol. The summed E-state index contributed by atoms with van der Waals surface area (Å²) < 4.78 is 28.7. The monoisotopic (exact) mass is 494 g/mol. The number of benzene rings is 2. The van der Waals surface area contributed by atoms with Gasteiger partial charge in [-0.05, 0) is 73.9 Å². The summed E-state index contributed by atoms with van der Waals surface area (Å²) in [6.45, 7) is 4.90. The topological polar surface area (TPSA) is 64.2 Å². The quantitative estimate of drug-likeness (QED) is 0.415. The minimum atomic E-state index is -1.19. The number of halogens is 3. The van der Waals surface area contributed by atoms with Gasteiger partial charge in [0.1, 0.15) is 16.7 Å². The molecule has 0 saturated carbocycles. The number of aromatic nitrogens is 2. The van der Waals surface area contributed by atoms with Gasteiger partial charge in [0.15, 0.2) is 11.6 Å². The van der Waals surface area contributed by atoms with Crippen LogP contribution in [-0.4, -0.2) is 22.6 Å². The number of hydrogen-bond acceptors (Lipinski definition) is 4. The molecule has 1 aliphatic heterocycles. The molecule has 3 aromatic rings. The number of anilines is 1. The maximum absolute atomic E-state index is 14.0. The van der Waals surface area contributed by atoms with Crippen molar-refractivity contribution in [3.8, 4) is 17.5 Å². The van der Waals surface area contributed by atoms with Gasteiger partial charge < -0.3 is 10.6 Å². The third kappa shape index (κ3) is 3.91. The predicted molar refractivity (Wildman–Crippen MR) is 133 cm³/mol. The third-order valence-electron chi connectivity index (χ3n) is 7.36. The standard InChI is InChI=1S/C27H25ClF2N4O/c1-3-4-17-5-6-18-15-27(26(31)19(18)13-17)9-11-33(12-10-27)22-14-23(35)34(16(2)32-22)21-8-7-20(29)25(30)24(21)28/h5-8,13-14,26H,9-12,15,31H2,1-2H3/t26-/m1/s1. The maximum atomic E-state index is 14.0. The molecule has 0 unspecified atom stereocenters. The molecule has 2 aromatic carbocycles. The molecular weight excluding hydrogens is 470 g/mol. The van der Waals surface area contributed by atoms with Gasteiger partial charge in [-0.1, -0.05) is 23.6 Å². The Hall–Kier alpha value is -3.21. The highest BCUT2D eigenvalue weighted by atomic mass is 35.5. The van der Waals surface area contributed by atoms with Crippen molar-refractivity contribution in [2.75, 3.05) is 18.0 Å². The van der Waals surface area contributed by atoms with E-state index in [1.54, 1.807) is 6.92 Å². The van der Waals surface area contributed by atoms with Gasteiger partial charge in [0.25, 0.3) is 5.56 Å². The summed E-state index contributed by atoms with van der Waals surface area (Å²) in [6.07, 6.45) is 2.67. The van der Waals surface area contributed by atoms with E-state index in [0.717, 1.165) is 30.9 Å². The summed E-state index contributed by atoms with van der Waals surface area (Å²) >= 11 is 5.98. The lowest BCUT2D eigenvalue weighted by molar-refractivity contribution is 0.187. The lowest BCUT2D eigenvalue weighted by atomic mass is 9.73. The Morgan fingerprint density at radius 2 is 1.91 bits per heavy atom. The zero-order valence-electron chi connectivity index (χ0n) is 19.5. The average Bonchev–Trinajstić information content (AvgIpc) is 3.10. The number of hydrogen-bond donors (Lipinski definition) is 1. The van der Waals surface area contributed by atoms with E-state index in [1.807, 2.05) is 6.92 Å². The zero-order valence-corrected chi connectivity index (χ0v) is 20.3. The van der Waals surface area contributed by atoms with Crippen molar-refractivity contribution >= 4 is 17.4 Å². The second-order valence-electron chi connectivity index (χ2n) is 9.32. The second-order valence-corrected chi connectivity index (χ2v) is 9.70. The van der Waals surface area contributed by atoms with E-state index in [2.05, 4.69) is 39.9 Å². The van der Waals surface area contributed by atoms with Crippen LogP contribution in [0.4, 0.5) is 14.6 Å². The molecule has 8 heteroatoms. The van der Waals surface area contributed by atoms with Gasteiger partial charge in [-0.2, -0.15) is 0 Å². The van der Waals surface area contributed by atoms with Gasteiger partial charge in [-0.3, -0.25) is 9.36 Å². The fourth-order valence-corrected chi connectivity index (χ4v) is 5.72. The number of nitrogens with two attached hydrogens (primary N) is 1. The van der Waals surface area contributed by atoms with Crippen LogP contribution < -0.4 is 16.2 Å². The van der Waals surface area contributed by atoms with Gasteiger partial charge in [-0.25, -0.2) is 13.8 Å². The number of nitrogens with zero attached hydrogens (tertiary/aromatic N) is 3. The largest absolute Gasteiger partial charge is 0.356 e. The molecule has 5 nitrogen and oxygen atoms in total. The molecule has 35 heavy (non-hydrogen) atoms. The van der Waals surface area contributed by atoms with Crippen molar-refractivity contribution in [1.82, 2.24) is 9.55 Å². The molecule has 0 bridgehead atoms. The second kappa shape index (κ2) is 8.78. The molecule has 5 rings (SSSR count). The molecule has 0 radical (unpaired) electrons. The maximum Gasteiger partial charge on any atom is 0.260 e. The van der Waals surface area contributed by atoms with Crippen molar-refractivity contribution in [2.24, 2.45) is 11.1 Å². The van der Waals surface area contributed by atoms with E-state index >= 15 is 0 Å². The molecule has 1 atom stereocenters. The molecule has 1 saturated heterocycles. The number of aryl methyl sites for hydroxylation is 1. The van der Waals surface area contributed by atoms with Crippen molar-refractivity contribution < 1.29 is 8.78 Å². The van der Waals surface area contributed by atoms with Gasteiger partial charge in [0.05, 0.1) is 5.69 Å². The van der Waals surface area contributed by atoms with E-state index in [-0.39, 0.29) is 17.1 Å². The number of piperidine rings is 1. The molecule has 2 heterocycles. The molecule has 0 amide bonds. The van der Waals surface area contributed by atoms with Crippen LogP contribution in [0.3, 0.4) is 0 Å². The van der Waals surface area contributed by atoms with Crippen molar-refractivity contribution in [2.45, 2.75) is 39.2 Å². The summed E-state index contributed by atoms with van der Waals surface area (Å²) in [6, 6.07) is 9.89. The van der Waals surface area contributed by atoms with E-state index in [1.165, 1.54) is 27.8 Å². The SMILES string of the molecule is CC#Cc1ccc2c(c1)[C@@H](N)C1(CCN(c3cc(=O)n(-c4ccc(F)c(F)c4Cl)c(C)n3)CC1)C2. The molecule has 2 N–H and O–H groups in total. The van der Waals surface area contributed by atoms with Crippen LogP contribution >= 0.6 is 11.6 Å². The van der Waals surface area contributed by atoms with E-state index < -0.39 is 22.2 Å². The van der Waals surface area contributed by atoms with Crippen molar-refractivity contribution in [3.63, 3.8) is 0 Å². The molecule has 1 aliphatic carbocycles. The Balaban J connectivity index is 1.38. The lowest BCUT2D eigenvalue weighted by Crippen LogP contribution is -2.45. The minimum absolute atomic E-state index is 0.0275. The molecule has 1 aromatic heterocycles. The van der Waals surface area contributed by atoms with Crippen LogP contribution in [0.1, 0.15) is 48.3 Å².